The third-order valence-corrected chi connectivity index (χ3v) is 3.90. The Kier molecular flexibility index (Phi) is 5.34. The van der Waals surface area contributed by atoms with Crippen molar-refractivity contribution in [1.82, 2.24) is 0 Å². The van der Waals surface area contributed by atoms with Crippen LogP contribution in [-0.4, -0.2) is 5.75 Å². The summed E-state index contributed by atoms with van der Waals surface area (Å²) in [4.78, 5) is 0.962. The molecule has 0 atom stereocenters. The third kappa shape index (κ3) is 3.69. The van der Waals surface area contributed by atoms with Crippen molar-refractivity contribution in [2.75, 3.05) is 5.75 Å². The highest BCUT2D eigenvalue weighted by Crippen LogP contribution is 2.29. The molecule has 0 aliphatic carbocycles. The standard InChI is InChI=1S/C16H14ClNOS/c1-2-20-16-5-3-4-15(14(16)10-18)19-11-12-6-8-13(17)9-7-12/h3-9H,2,11H2,1H3. The maximum atomic E-state index is 9.30. The fraction of sp³-hybridized carbons (Fsp3) is 0.188. The molecule has 0 aromatic heterocycles. The first-order valence-electron chi connectivity index (χ1n) is 6.27. The maximum Gasteiger partial charge on any atom is 0.138 e. The summed E-state index contributed by atoms with van der Waals surface area (Å²) in [5, 5.41) is 10.0. The SMILES string of the molecule is CCSc1cccc(OCc2ccc(Cl)cc2)c1C#N. The van der Waals surface area contributed by atoms with Gasteiger partial charge in [0.1, 0.15) is 24.0 Å². The molecular weight excluding hydrogens is 290 g/mol. The molecule has 0 radical (unpaired) electrons. The fourth-order valence-electron chi connectivity index (χ4n) is 1.76. The Hall–Kier alpha value is -1.63. The van der Waals surface area contributed by atoms with Crippen molar-refractivity contribution in [1.29, 1.82) is 5.26 Å². The first kappa shape index (κ1) is 14.8. The molecule has 0 amide bonds. The zero-order valence-corrected chi connectivity index (χ0v) is 12.7. The Balaban J connectivity index is 2.15. The van der Waals surface area contributed by atoms with Gasteiger partial charge in [0.25, 0.3) is 0 Å². The van der Waals surface area contributed by atoms with Gasteiger partial charge in [-0.2, -0.15) is 5.26 Å². The minimum absolute atomic E-state index is 0.423. The molecule has 0 heterocycles. The molecular formula is C16H14ClNOS. The van der Waals surface area contributed by atoms with Gasteiger partial charge >= 0.3 is 0 Å². The molecule has 0 aliphatic rings. The smallest absolute Gasteiger partial charge is 0.138 e. The Morgan fingerprint density at radius 2 is 1.95 bits per heavy atom. The van der Waals surface area contributed by atoms with Crippen LogP contribution in [0.3, 0.4) is 0 Å². The molecule has 2 rings (SSSR count). The third-order valence-electron chi connectivity index (χ3n) is 2.71. The number of hydrogen-bond acceptors (Lipinski definition) is 3. The van der Waals surface area contributed by atoms with Crippen molar-refractivity contribution in [3.05, 3.63) is 58.6 Å². The second-order valence-corrected chi connectivity index (χ2v) is 5.83. The van der Waals surface area contributed by atoms with Gasteiger partial charge < -0.3 is 4.74 Å². The molecule has 20 heavy (non-hydrogen) atoms. The van der Waals surface area contributed by atoms with E-state index in [0.717, 1.165) is 16.2 Å². The summed E-state index contributed by atoms with van der Waals surface area (Å²) in [5.41, 5.74) is 1.63. The van der Waals surface area contributed by atoms with E-state index in [4.69, 9.17) is 16.3 Å². The van der Waals surface area contributed by atoms with Gasteiger partial charge in [0, 0.05) is 9.92 Å². The second-order valence-electron chi connectivity index (χ2n) is 4.09. The minimum Gasteiger partial charge on any atom is -0.487 e. The zero-order chi connectivity index (χ0) is 14.4. The van der Waals surface area contributed by atoms with E-state index in [2.05, 4.69) is 13.0 Å². The lowest BCUT2D eigenvalue weighted by Gasteiger charge is -2.10. The number of nitriles is 1. The number of ether oxygens (including phenoxy) is 1. The van der Waals surface area contributed by atoms with E-state index in [9.17, 15) is 5.26 Å². The molecule has 2 aromatic carbocycles. The molecule has 0 saturated heterocycles. The van der Waals surface area contributed by atoms with Gasteiger partial charge in [0.2, 0.25) is 0 Å². The van der Waals surface area contributed by atoms with Crippen molar-refractivity contribution in [2.45, 2.75) is 18.4 Å². The summed E-state index contributed by atoms with van der Waals surface area (Å²) in [6.07, 6.45) is 0. The second kappa shape index (κ2) is 7.23. The first-order chi connectivity index (χ1) is 9.74. The van der Waals surface area contributed by atoms with Crippen LogP contribution in [0.15, 0.2) is 47.4 Å². The largest absolute Gasteiger partial charge is 0.487 e. The first-order valence-corrected chi connectivity index (χ1v) is 7.64. The van der Waals surface area contributed by atoms with Crippen LogP contribution in [0, 0.1) is 11.3 Å². The lowest BCUT2D eigenvalue weighted by molar-refractivity contribution is 0.304. The van der Waals surface area contributed by atoms with Crippen LogP contribution in [0.2, 0.25) is 5.02 Å². The molecule has 0 saturated carbocycles. The van der Waals surface area contributed by atoms with Crippen molar-refractivity contribution in [2.24, 2.45) is 0 Å². The average Bonchev–Trinajstić information content (AvgIpc) is 2.47. The molecule has 0 bridgehead atoms. The summed E-state index contributed by atoms with van der Waals surface area (Å²) in [6, 6.07) is 15.4. The number of halogens is 1. The molecule has 2 nitrogen and oxygen atoms in total. The van der Waals surface area contributed by atoms with Gasteiger partial charge in [-0.1, -0.05) is 36.7 Å². The quantitative estimate of drug-likeness (QED) is 0.736. The molecule has 2 aromatic rings. The van der Waals surface area contributed by atoms with E-state index in [1.807, 2.05) is 42.5 Å². The Morgan fingerprint density at radius 3 is 2.60 bits per heavy atom. The highest BCUT2D eigenvalue weighted by atomic mass is 35.5. The Labute approximate surface area is 128 Å². The lowest BCUT2D eigenvalue weighted by Crippen LogP contribution is -1.98. The van der Waals surface area contributed by atoms with Gasteiger partial charge in [-0.05, 0) is 35.6 Å². The Morgan fingerprint density at radius 1 is 1.20 bits per heavy atom. The van der Waals surface area contributed by atoms with Crippen LogP contribution in [-0.2, 0) is 6.61 Å². The van der Waals surface area contributed by atoms with Gasteiger partial charge in [-0.3, -0.25) is 0 Å². The normalized spacial score (nSPS) is 10.1. The van der Waals surface area contributed by atoms with E-state index < -0.39 is 0 Å². The van der Waals surface area contributed by atoms with E-state index in [0.29, 0.717) is 22.9 Å². The van der Waals surface area contributed by atoms with Gasteiger partial charge in [-0.15, -0.1) is 11.8 Å². The van der Waals surface area contributed by atoms with Gasteiger partial charge in [0.15, 0.2) is 0 Å². The number of rotatable bonds is 5. The highest BCUT2D eigenvalue weighted by Gasteiger charge is 2.09. The van der Waals surface area contributed by atoms with E-state index in [-0.39, 0.29) is 0 Å². The van der Waals surface area contributed by atoms with E-state index >= 15 is 0 Å². The van der Waals surface area contributed by atoms with Crippen LogP contribution in [0.25, 0.3) is 0 Å². The van der Waals surface area contributed by atoms with Crippen molar-refractivity contribution in [3.63, 3.8) is 0 Å². The monoisotopic (exact) mass is 303 g/mol. The zero-order valence-electron chi connectivity index (χ0n) is 11.1. The van der Waals surface area contributed by atoms with Crippen LogP contribution in [0.5, 0.6) is 5.75 Å². The summed E-state index contributed by atoms with van der Waals surface area (Å²) in [5.74, 6) is 1.55. The summed E-state index contributed by atoms with van der Waals surface area (Å²) in [6.45, 7) is 2.49. The maximum absolute atomic E-state index is 9.30. The van der Waals surface area contributed by atoms with Gasteiger partial charge in [-0.25, -0.2) is 0 Å². The minimum atomic E-state index is 0.423. The molecule has 0 unspecified atom stereocenters. The predicted molar refractivity (Wildman–Crippen MR) is 83.3 cm³/mol. The van der Waals surface area contributed by atoms with Gasteiger partial charge in [0.05, 0.1) is 0 Å². The fourth-order valence-corrected chi connectivity index (χ4v) is 2.66. The number of thioether (sulfide) groups is 1. The molecule has 0 fully saturated rings. The van der Waals surface area contributed by atoms with Crippen LogP contribution >= 0.6 is 23.4 Å². The van der Waals surface area contributed by atoms with Crippen molar-refractivity contribution >= 4 is 23.4 Å². The van der Waals surface area contributed by atoms with Crippen LogP contribution in [0.4, 0.5) is 0 Å². The molecule has 0 N–H and O–H groups in total. The number of benzene rings is 2. The molecule has 102 valence electrons. The van der Waals surface area contributed by atoms with E-state index in [1.165, 1.54) is 0 Å². The number of hydrogen-bond donors (Lipinski definition) is 0. The topological polar surface area (TPSA) is 33.0 Å². The average molecular weight is 304 g/mol. The summed E-state index contributed by atoms with van der Waals surface area (Å²) in [7, 11) is 0. The summed E-state index contributed by atoms with van der Waals surface area (Å²) < 4.78 is 5.76. The number of nitrogens with zero attached hydrogens (tertiary/aromatic N) is 1. The van der Waals surface area contributed by atoms with Crippen LogP contribution in [0.1, 0.15) is 18.1 Å². The van der Waals surface area contributed by atoms with Crippen LogP contribution < -0.4 is 4.74 Å². The molecule has 4 heteroatoms. The van der Waals surface area contributed by atoms with E-state index in [1.54, 1.807) is 11.8 Å². The predicted octanol–water partition coefficient (Wildman–Crippen LogP) is 4.90. The highest BCUT2D eigenvalue weighted by molar-refractivity contribution is 7.99. The Bertz CT molecular complexity index is 619. The van der Waals surface area contributed by atoms with Crippen molar-refractivity contribution in [3.8, 4) is 11.8 Å². The van der Waals surface area contributed by atoms with Crippen molar-refractivity contribution < 1.29 is 4.74 Å². The molecule has 0 aliphatic heterocycles. The molecule has 0 spiro atoms. The lowest BCUT2D eigenvalue weighted by atomic mass is 10.2. The summed E-state index contributed by atoms with van der Waals surface area (Å²) >= 11 is 7.49.